The Morgan fingerprint density at radius 2 is 1.70 bits per heavy atom. The van der Waals surface area contributed by atoms with Crippen molar-refractivity contribution in [3.05, 3.63) is 71.1 Å². The first-order valence-corrected chi connectivity index (χ1v) is 13.5. The van der Waals surface area contributed by atoms with E-state index in [0.29, 0.717) is 23.8 Å². The van der Waals surface area contributed by atoms with Crippen LogP contribution in [0.25, 0.3) is 21.8 Å². The molecule has 37 heavy (non-hydrogen) atoms. The van der Waals surface area contributed by atoms with Crippen molar-refractivity contribution < 1.29 is 26.3 Å². The number of halogens is 3. The van der Waals surface area contributed by atoms with Crippen molar-refractivity contribution in [1.29, 1.82) is 0 Å². The predicted octanol–water partition coefficient (Wildman–Crippen LogP) is 4.96. The summed E-state index contributed by atoms with van der Waals surface area (Å²) in [6, 6.07) is 8.27. The molecule has 0 radical (unpaired) electrons. The first-order chi connectivity index (χ1) is 17.7. The van der Waals surface area contributed by atoms with E-state index in [4.69, 9.17) is 15.5 Å². The van der Waals surface area contributed by atoms with Gasteiger partial charge in [-0.1, -0.05) is 12.1 Å². The zero-order valence-corrected chi connectivity index (χ0v) is 20.8. The van der Waals surface area contributed by atoms with Crippen LogP contribution in [-0.2, 0) is 14.8 Å². The number of sulfonamides is 1. The van der Waals surface area contributed by atoms with Crippen LogP contribution in [-0.4, -0.2) is 36.6 Å². The van der Waals surface area contributed by atoms with Crippen LogP contribution in [0.1, 0.15) is 23.8 Å². The number of benzene rings is 2. The summed E-state index contributed by atoms with van der Waals surface area (Å²) in [4.78, 5) is 12.2. The number of nitrogens with zero attached hydrogens (tertiary/aromatic N) is 3. The summed E-state index contributed by atoms with van der Waals surface area (Å²) in [7, 11) is -4.78. The van der Waals surface area contributed by atoms with Gasteiger partial charge in [0.25, 0.3) is 10.0 Å². The summed E-state index contributed by atoms with van der Waals surface area (Å²) in [6.07, 6.45) is 2.96. The van der Waals surface area contributed by atoms with Crippen LogP contribution >= 0.6 is 11.3 Å². The van der Waals surface area contributed by atoms with Crippen molar-refractivity contribution >= 4 is 33.0 Å². The molecule has 0 bridgehead atoms. The Kier molecular flexibility index (Phi) is 6.84. The molecule has 1 aliphatic heterocycles. The number of hydrogen-bond donors (Lipinski definition) is 2. The molecule has 5 rings (SSSR count). The molecule has 192 valence electrons. The normalized spacial score (nSPS) is 14.6. The van der Waals surface area contributed by atoms with E-state index in [-0.39, 0.29) is 23.1 Å². The third-order valence-electron chi connectivity index (χ3n) is 5.81. The Morgan fingerprint density at radius 3 is 2.41 bits per heavy atom. The number of ether oxygens (including phenoxy) is 1. The lowest BCUT2D eigenvalue weighted by atomic mass is 10.0. The fourth-order valence-electron chi connectivity index (χ4n) is 4.04. The highest BCUT2D eigenvalue weighted by molar-refractivity contribution is 7.92. The summed E-state index contributed by atoms with van der Waals surface area (Å²) >= 11 is 1.33. The van der Waals surface area contributed by atoms with E-state index in [1.165, 1.54) is 29.7 Å². The minimum Gasteiger partial charge on any atom is -0.381 e. The number of rotatable bonds is 6. The molecule has 0 atom stereocenters. The van der Waals surface area contributed by atoms with Crippen LogP contribution in [0, 0.1) is 17.5 Å². The zero-order chi connectivity index (χ0) is 26.2. The fourth-order valence-corrected chi connectivity index (χ4v) is 6.46. The first-order valence-electron chi connectivity index (χ1n) is 11.2. The lowest BCUT2D eigenvalue weighted by Gasteiger charge is -2.19. The molecule has 13 heteroatoms. The largest absolute Gasteiger partial charge is 0.381 e. The van der Waals surface area contributed by atoms with Gasteiger partial charge in [-0.3, -0.25) is 4.72 Å². The van der Waals surface area contributed by atoms with Crippen molar-refractivity contribution in [2.24, 2.45) is 0 Å². The second-order valence-electron chi connectivity index (χ2n) is 8.24. The lowest BCUT2D eigenvalue weighted by molar-refractivity contribution is 0.0853. The Bertz CT molecular complexity index is 1550. The monoisotopic (exact) mass is 547 g/mol. The number of anilines is 2. The van der Waals surface area contributed by atoms with Crippen LogP contribution < -0.4 is 10.5 Å². The quantitative estimate of drug-likeness (QED) is 0.350. The van der Waals surface area contributed by atoms with Crippen LogP contribution in [0.15, 0.2) is 53.6 Å². The van der Waals surface area contributed by atoms with Crippen LogP contribution in [0.3, 0.4) is 0 Å². The molecular formula is C24H20F3N5O3S2. The van der Waals surface area contributed by atoms with E-state index in [1.54, 1.807) is 6.07 Å². The molecule has 1 aliphatic rings. The van der Waals surface area contributed by atoms with Crippen molar-refractivity contribution in [3.63, 3.8) is 0 Å². The Labute approximate surface area is 214 Å². The van der Waals surface area contributed by atoms with Gasteiger partial charge in [-0.2, -0.15) is 0 Å². The molecule has 0 spiro atoms. The third-order valence-corrected chi connectivity index (χ3v) is 8.46. The van der Waals surface area contributed by atoms with Gasteiger partial charge in [0.2, 0.25) is 5.95 Å². The number of hydrogen-bond acceptors (Lipinski definition) is 8. The van der Waals surface area contributed by atoms with Crippen LogP contribution in [0.4, 0.5) is 24.8 Å². The van der Waals surface area contributed by atoms with Crippen molar-refractivity contribution in [2.45, 2.75) is 23.7 Å². The van der Waals surface area contributed by atoms with Gasteiger partial charge in [0.15, 0.2) is 10.7 Å². The average molecular weight is 548 g/mol. The maximum absolute atomic E-state index is 15.8. The van der Waals surface area contributed by atoms with Gasteiger partial charge in [-0.05, 0) is 43.2 Å². The lowest BCUT2D eigenvalue weighted by Crippen LogP contribution is -2.17. The van der Waals surface area contributed by atoms with Crippen LogP contribution in [0.2, 0.25) is 0 Å². The number of aromatic nitrogens is 3. The van der Waals surface area contributed by atoms with E-state index in [2.05, 4.69) is 9.97 Å². The van der Waals surface area contributed by atoms with E-state index in [1.807, 2.05) is 4.72 Å². The summed E-state index contributed by atoms with van der Waals surface area (Å²) < 4.78 is 77.0. The SMILES string of the molecule is Nc1nccc(-c2sc(C3CCOCC3)nc2-c2cccc(NS(=O)(=O)c3c(F)cccc3F)c2F)n1. The Hall–Kier alpha value is -3.55. The molecule has 1 fully saturated rings. The number of nitrogens with one attached hydrogen (secondary N) is 1. The van der Waals surface area contributed by atoms with E-state index in [0.717, 1.165) is 42.1 Å². The molecule has 3 heterocycles. The third kappa shape index (κ3) is 5.02. The van der Waals surface area contributed by atoms with Gasteiger partial charge in [0.1, 0.15) is 11.6 Å². The first kappa shape index (κ1) is 25.1. The summed E-state index contributed by atoms with van der Waals surface area (Å²) in [5.74, 6) is -3.44. The van der Waals surface area contributed by atoms with Gasteiger partial charge < -0.3 is 10.5 Å². The van der Waals surface area contributed by atoms with Gasteiger partial charge in [-0.15, -0.1) is 11.3 Å². The molecule has 3 N–H and O–H groups in total. The minimum atomic E-state index is -4.78. The Morgan fingerprint density at radius 1 is 1.00 bits per heavy atom. The average Bonchev–Trinajstić information content (AvgIpc) is 3.31. The minimum absolute atomic E-state index is 0.0176. The van der Waals surface area contributed by atoms with Gasteiger partial charge >= 0.3 is 0 Å². The van der Waals surface area contributed by atoms with Crippen molar-refractivity contribution in [3.8, 4) is 21.8 Å². The van der Waals surface area contributed by atoms with E-state index >= 15 is 4.39 Å². The van der Waals surface area contributed by atoms with Crippen molar-refractivity contribution in [2.75, 3.05) is 23.7 Å². The highest BCUT2D eigenvalue weighted by Gasteiger charge is 2.28. The molecule has 0 aliphatic carbocycles. The van der Waals surface area contributed by atoms with E-state index < -0.39 is 38.1 Å². The van der Waals surface area contributed by atoms with Crippen LogP contribution in [0.5, 0.6) is 0 Å². The van der Waals surface area contributed by atoms with Gasteiger partial charge in [0, 0.05) is 30.9 Å². The Balaban J connectivity index is 1.60. The molecule has 4 aromatic rings. The zero-order valence-electron chi connectivity index (χ0n) is 19.1. The number of nitrogens with two attached hydrogens (primary N) is 1. The predicted molar refractivity (Wildman–Crippen MR) is 133 cm³/mol. The maximum Gasteiger partial charge on any atom is 0.267 e. The summed E-state index contributed by atoms with van der Waals surface area (Å²) in [5.41, 5.74) is 5.93. The molecule has 0 saturated carbocycles. The molecule has 8 nitrogen and oxygen atoms in total. The molecule has 2 aromatic carbocycles. The van der Waals surface area contributed by atoms with Gasteiger partial charge in [0.05, 0.1) is 27.0 Å². The second kappa shape index (κ2) is 10.1. The molecular weight excluding hydrogens is 527 g/mol. The smallest absolute Gasteiger partial charge is 0.267 e. The molecule has 1 saturated heterocycles. The molecule has 2 aromatic heterocycles. The highest BCUT2D eigenvalue weighted by Crippen LogP contribution is 2.42. The number of thiazole rings is 1. The molecule has 0 unspecified atom stereocenters. The fraction of sp³-hybridized carbons (Fsp3) is 0.208. The van der Waals surface area contributed by atoms with Gasteiger partial charge in [-0.25, -0.2) is 36.5 Å². The highest BCUT2D eigenvalue weighted by atomic mass is 32.2. The van der Waals surface area contributed by atoms with E-state index in [9.17, 15) is 17.2 Å². The second-order valence-corrected chi connectivity index (χ2v) is 10.9. The maximum atomic E-state index is 15.8. The summed E-state index contributed by atoms with van der Waals surface area (Å²) in [6.45, 7) is 1.15. The standard InChI is InChI=1S/C24H20F3N5O3S2/c25-15-4-2-5-16(26)22(15)37(33,34)32-17-6-1-3-14(19(17)27)20-21(18-7-10-29-24(28)30-18)36-23(31-20)13-8-11-35-12-9-13/h1-7,10,13,32H,8-9,11-12H2,(H2,28,29,30). The number of nitrogen functional groups attached to an aromatic ring is 1. The summed E-state index contributed by atoms with van der Waals surface area (Å²) in [5, 5.41) is 0.754. The molecule has 0 amide bonds. The van der Waals surface area contributed by atoms with Crippen molar-refractivity contribution in [1.82, 2.24) is 15.0 Å². The topological polar surface area (TPSA) is 120 Å².